The lowest BCUT2D eigenvalue weighted by molar-refractivity contribution is -0.144. The zero-order chi connectivity index (χ0) is 18.4. The molecule has 0 unspecified atom stereocenters. The van der Waals surface area contributed by atoms with Crippen molar-refractivity contribution < 1.29 is 4.79 Å². The molecule has 1 aromatic rings. The van der Waals surface area contributed by atoms with E-state index in [2.05, 4.69) is 45.4 Å². The van der Waals surface area contributed by atoms with Gasteiger partial charge in [-0.3, -0.25) is 4.79 Å². The summed E-state index contributed by atoms with van der Waals surface area (Å²) in [5, 5.41) is 3.80. The van der Waals surface area contributed by atoms with Crippen LogP contribution < -0.4 is 10.2 Å². The maximum Gasteiger partial charge on any atom is 0.232 e. The number of para-hydroxylation sites is 1. The number of piperazine rings is 1. The smallest absolute Gasteiger partial charge is 0.232 e. The summed E-state index contributed by atoms with van der Waals surface area (Å²) in [4.78, 5) is 17.8. The third-order valence-corrected chi connectivity index (χ3v) is 7.79. The average molecular weight is 384 g/mol. The van der Waals surface area contributed by atoms with Crippen molar-refractivity contribution in [3.8, 4) is 0 Å². The van der Waals surface area contributed by atoms with Crippen molar-refractivity contribution in [3.05, 3.63) is 30.3 Å². The van der Waals surface area contributed by atoms with Gasteiger partial charge in [-0.05, 0) is 80.6 Å². The lowest BCUT2D eigenvalue weighted by Gasteiger charge is -2.55. The molecule has 1 heterocycles. The van der Waals surface area contributed by atoms with Gasteiger partial charge in [0.25, 0.3) is 0 Å². The Kier molecular flexibility index (Phi) is 4.38. The van der Waals surface area contributed by atoms with Crippen LogP contribution in [-0.4, -0.2) is 42.1 Å². The summed E-state index contributed by atoms with van der Waals surface area (Å²) in [6.45, 7) is 3.62. The standard InChI is InChI=1S/C22H29N3OS/c26-20(22-13-16-10-17(14-22)12-18(11-16)15-22)23-21(27)25-8-6-24(7-9-25)19-4-2-1-3-5-19/h1-5,16-18H,6-15H2,(H,23,26,27). The van der Waals surface area contributed by atoms with E-state index in [0.29, 0.717) is 5.11 Å². The van der Waals surface area contributed by atoms with E-state index in [-0.39, 0.29) is 11.3 Å². The monoisotopic (exact) mass is 383 g/mol. The molecule has 0 aromatic heterocycles. The number of hydrogen-bond acceptors (Lipinski definition) is 3. The highest BCUT2D eigenvalue weighted by Crippen LogP contribution is 2.60. The molecule has 0 spiro atoms. The third-order valence-electron chi connectivity index (χ3n) is 7.43. The van der Waals surface area contributed by atoms with Crippen LogP contribution in [0.25, 0.3) is 0 Å². The lowest BCUT2D eigenvalue weighted by atomic mass is 9.49. The summed E-state index contributed by atoms with van der Waals surface area (Å²) >= 11 is 5.64. The Hall–Kier alpha value is -1.62. The average Bonchev–Trinajstić information content (AvgIpc) is 2.68. The van der Waals surface area contributed by atoms with Gasteiger partial charge in [0.2, 0.25) is 5.91 Å². The van der Waals surface area contributed by atoms with E-state index in [1.54, 1.807) is 0 Å². The lowest BCUT2D eigenvalue weighted by Crippen LogP contribution is -2.58. The van der Waals surface area contributed by atoms with Gasteiger partial charge in [-0.25, -0.2) is 0 Å². The van der Waals surface area contributed by atoms with Gasteiger partial charge < -0.3 is 15.1 Å². The van der Waals surface area contributed by atoms with Crippen molar-refractivity contribution in [2.24, 2.45) is 23.2 Å². The van der Waals surface area contributed by atoms with E-state index < -0.39 is 0 Å². The van der Waals surface area contributed by atoms with E-state index in [0.717, 1.165) is 63.2 Å². The fraction of sp³-hybridized carbons (Fsp3) is 0.636. The summed E-state index contributed by atoms with van der Waals surface area (Å²) in [6, 6.07) is 10.5. The Morgan fingerprint density at radius 1 is 0.926 bits per heavy atom. The Balaban J connectivity index is 1.19. The van der Waals surface area contributed by atoms with Gasteiger partial charge in [0, 0.05) is 31.9 Å². The van der Waals surface area contributed by atoms with Crippen LogP contribution in [-0.2, 0) is 4.79 Å². The maximum absolute atomic E-state index is 13.2. The van der Waals surface area contributed by atoms with E-state index in [1.807, 2.05) is 0 Å². The topological polar surface area (TPSA) is 35.6 Å². The summed E-state index contributed by atoms with van der Waals surface area (Å²) in [7, 11) is 0. The van der Waals surface area contributed by atoms with Crippen LogP contribution in [0.3, 0.4) is 0 Å². The number of carbonyl (C=O) groups is 1. The molecular formula is C22H29N3OS. The van der Waals surface area contributed by atoms with Crippen molar-refractivity contribution in [2.45, 2.75) is 38.5 Å². The maximum atomic E-state index is 13.2. The first-order valence-corrected chi connectivity index (χ1v) is 10.9. The highest BCUT2D eigenvalue weighted by Gasteiger charge is 2.54. The van der Waals surface area contributed by atoms with Crippen molar-refractivity contribution in [1.82, 2.24) is 10.2 Å². The van der Waals surface area contributed by atoms with E-state index in [1.165, 1.54) is 24.9 Å². The molecule has 1 aliphatic heterocycles. The summed E-state index contributed by atoms with van der Waals surface area (Å²) < 4.78 is 0. The Morgan fingerprint density at radius 3 is 2.04 bits per heavy atom. The fourth-order valence-electron chi connectivity index (χ4n) is 6.50. The highest BCUT2D eigenvalue weighted by molar-refractivity contribution is 7.80. The molecule has 4 bridgehead atoms. The van der Waals surface area contributed by atoms with Gasteiger partial charge in [0.1, 0.15) is 0 Å². The van der Waals surface area contributed by atoms with Crippen LogP contribution in [0.15, 0.2) is 30.3 Å². The first-order chi connectivity index (χ1) is 13.1. The Bertz CT molecular complexity index is 691. The minimum absolute atomic E-state index is 0.120. The number of amides is 1. The molecule has 1 amide bonds. The van der Waals surface area contributed by atoms with Gasteiger partial charge in [0.15, 0.2) is 5.11 Å². The molecule has 0 atom stereocenters. The zero-order valence-electron chi connectivity index (χ0n) is 15.9. The van der Waals surface area contributed by atoms with Gasteiger partial charge in [0.05, 0.1) is 5.41 Å². The molecule has 27 heavy (non-hydrogen) atoms. The molecule has 1 N–H and O–H groups in total. The normalized spacial score (nSPS) is 34.6. The second-order valence-corrected chi connectivity index (χ2v) is 9.65. The molecule has 4 aliphatic carbocycles. The van der Waals surface area contributed by atoms with Crippen LogP contribution >= 0.6 is 12.2 Å². The molecule has 0 radical (unpaired) electrons. The molecule has 4 nitrogen and oxygen atoms in total. The summed E-state index contributed by atoms with van der Waals surface area (Å²) in [6.07, 6.45) is 7.36. The van der Waals surface area contributed by atoms with Crippen molar-refractivity contribution >= 4 is 28.9 Å². The van der Waals surface area contributed by atoms with Crippen LogP contribution in [0.5, 0.6) is 0 Å². The number of rotatable bonds is 2. The van der Waals surface area contributed by atoms with Gasteiger partial charge in [-0.2, -0.15) is 0 Å². The van der Waals surface area contributed by atoms with E-state index >= 15 is 0 Å². The van der Waals surface area contributed by atoms with Crippen molar-refractivity contribution in [1.29, 1.82) is 0 Å². The van der Waals surface area contributed by atoms with Gasteiger partial charge in [-0.15, -0.1) is 0 Å². The van der Waals surface area contributed by atoms with Crippen LogP contribution in [0.1, 0.15) is 38.5 Å². The quantitative estimate of drug-likeness (QED) is 0.794. The number of thiocarbonyl (C=S) groups is 1. The predicted molar refractivity (Wildman–Crippen MR) is 112 cm³/mol. The largest absolute Gasteiger partial charge is 0.368 e. The molecule has 4 saturated carbocycles. The van der Waals surface area contributed by atoms with E-state index in [9.17, 15) is 4.79 Å². The number of nitrogens with zero attached hydrogens (tertiary/aromatic N) is 2. The van der Waals surface area contributed by atoms with Gasteiger partial charge >= 0.3 is 0 Å². The van der Waals surface area contributed by atoms with Crippen molar-refractivity contribution in [2.75, 3.05) is 31.1 Å². The number of benzene rings is 1. The summed E-state index contributed by atoms with van der Waals surface area (Å²) in [5.41, 5.74) is 1.14. The molecule has 5 heteroatoms. The van der Waals surface area contributed by atoms with Crippen molar-refractivity contribution in [3.63, 3.8) is 0 Å². The SMILES string of the molecule is O=C(NC(=S)N1CCN(c2ccccc2)CC1)C12CC3CC(CC(C3)C1)C2. The number of anilines is 1. The molecule has 1 saturated heterocycles. The Labute approximate surface area is 167 Å². The Morgan fingerprint density at radius 2 is 1.48 bits per heavy atom. The van der Waals surface area contributed by atoms with Crippen LogP contribution in [0.2, 0.25) is 0 Å². The first-order valence-electron chi connectivity index (χ1n) is 10.5. The summed E-state index contributed by atoms with van der Waals surface area (Å²) in [5.74, 6) is 2.57. The van der Waals surface area contributed by atoms with Crippen LogP contribution in [0, 0.1) is 23.2 Å². The fourth-order valence-corrected chi connectivity index (χ4v) is 6.78. The molecule has 6 rings (SSSR count). The highest BCUT2D eigenvalue weighted by atomic mass is 32.1. The minimum Gasteiger partial charge on any atom is -0.368 e. The second-order valence-electron chi connectivity index (χ2n) is 9.27. The second kappa shape index (κ2) is 6.77. The first kappa shape index (κ1) is 17.5. The predicted octanol–water partition coefficient (Wildman–Crippen LogP) is 3.43. The number of carbonyl (C=O) groups excluding carboxylic acids is 1. The third kappa shape index (κ3) is 3.24. The minimum atomic E-state index is -0.120. The van der Waals surface area contributed by atoms with Gasteiger partial charge in [-0.1, -0.05) is 18.2 Å². The molecule has 144 valence electrons. The molecule has 5 fully saturated rings. The number of hydrogen-bond donors (Lipinski definition) is 1. The zero-order valence-corrected chi connectivity index (χ0v) is 16.7. The molecule has 1 aromatic carbocycles. The van der Waals surface area contributed by atoms with Crippen LogP contribution in [0.4, 0.5) is 5.69 Å². The molecule has 5 aliphatic rings. The number of nitrogens with one attached hydrogen (secondary N) is 1. The van der Waals surface area contributed by atoms with E-state index in [4.69, 9.17) is 12.2 Å². The molecular weight excluding hydrogens is 354 g/mol.